The summed E-state index contributed by atoms with van der Waals surface area (Å²) in [6.45, 7) is 4.10. The summed E-state index contributed by atoms with van der Waals surface area (Å²) in [5, 5.41) is 14.9. The molecule has 1 heterocycles. The van der Waals surface area contributed by atoms with Gasteiger partial charge in [0.2, 0.25) is 10.0 Å². The van der Waals surface area contributed by atoms with Gasteiger partial charge >= 0.3 is 0 Å². The van der Waals surface area contributed by atoms with Crippen molar-refractivity contribution in [2.24, 2.45) is 5.41 Å². The van der Waals surface area contributed by atoms with E-state index in [2.05, 4.69) is 14.9 Å². The van der Waals surface area contributed by atoms with Crippen LogP contribution in [0.5, 0.6) is 0 Å². The van der Waals surface area contributed by atoms with Crippen LogP contribution in [0.25, 0.3) is 0 Å². The Morgan fingerprint density at radius 1 is 1.56 bits per heavy atom. The lowest BCUT2D eigenvalue weighted by molar-refractivity contribution is 0.213. The van der Waals surface area contributed by atoms with Crippen LogP contribution in [0, 0.1) is 5.41 Å². The highest BCUT2D eigenvalue weighted by molar-refractivity contribution is 7.89. The summed E-state index contributed by atoms with van der Waals surface area (Å²) in [7, 11) is -3.49. The van der Waals surface area contributed by atoms with Gasteiger partial charge in [0.05, 0.1) is 6.20 Å². The molecule has 0 atom stereocenters. The van der Waals surface area contributed by atoms with Crippen LogP contribution in [-0.4, -0.2) is 36.9 Å². The zero-order valence-electron chi connectivity index (χ0n) is 9.40. The first-order valence-corrected chi connectivity index (χ1v) is 6.45. The van der Waals surface area contributed by atoms with Crippen molar-refractivity contribution in [3.8, 4) is 0 Å². The molecule has 7 heteroatoms. The summed E-state index contributed by atoms with van der Waals surface area (Å²) < 4.78 is 25.9. The maximum Gasteiger partial charge on any atom is 0.243 e. The molecule has 0 saturated carbocycles. The maximum absolute atomic E-state index is 11.7. The van der Waals surface area contributed by atoms with Gasteiger partial charge in [-0.2, -0.15) is 5.10 Å². The van der Waals surface area contributed by atoms with Crippen LogP contribution < -0.4 is 4.72 Å². The number of sulfonamides is 1. The monoisotopic (exact) mass is 247 g/mol. The molecule has 0 bridgehead atoms. The van der Waals surface area contributed by atoms with E-state index in [1.165, 1.54) is 12.4 Å². The molecule has 0 aliphatic carbocycles. The first-order valence-electron chi connectivity index (χ1n) is 4.97. The minimum Gasteiger partial charge on any atom is -0.396 e. The summed E-state index contributed by atoms with van der Waals surface area (Å²) in [6, 6.07) is 0. The molecule has 0 radical (unpaired) electrons. The van der Waals surface area contributed by atoms with Crippen molar-refractivity contribution in [1.82, 2.24) is 14.9 Å². The lowest BCUT2D eigenvalue weighted by Crippen LogP contribution is -2.34. The number of hydrogen-bond donors (Lipinski definition) is 3. The number of nitrogens with zero attached hydrogens (tertiary/aromatic N) is 1. The normalized spacial score (nSPS) is 12.9. The van der Waals surface area contributed by atoms with Gasteiger partial charge in [-0.05, 0) is 11.8 Å². The van der Waals surface area contributed by atoms with Crippen LogP contribution >= 0.6 is 0 Å². The zero-order valence-corrected chi connectivity index (χ0v) is 10.2. The number of hydrogen-bond acceptors (Lipinski definition) is 4. The first kappa shape index (κ1) is 13.1. The summed E-state index contributed by atoms with van der Waals surface area (Å²) in [6.07, 6.45) is 3.11. The number of H-pyrrole nitrogens is 1. The molecule has 1 aromatic heterocycles. The largest absolute Gasteiger partial charge is 0.396 e. The first-order chi connectivity index (χ1) is 7.37. The number of rotatable bonds is 6. The van der Waals surface area contributed by atoms with Crippen molar-refractivity contribution in [3.63, 3.8) is 0 Å². The fourth-order valence-electron chi connectivity index (χ4n) is 1.15. The molecule has 0 aromatic carbocycles. The predicted molar refractivity (Wildman–Crippen MR) is 59.3 cm³/mol. The van der Waals surface area contributed by atoms with Crippen LogP contribution in [0.4, 0.5) is 0 Å². The Balaban J connectivity index is 2.62. The second kappa shape index (κ2) is 4.94. The number of aliphatic hydroxyl groups excluding tert-OH is 1. The third-order valence-electron chi connectivity index (χ3n) is 2.31. The average molecular weight is 247 g/mol. The summed E-state index contributed by atoms with van der Waals surface area (Å²) in [4.78, 5) is 0.118. The van der Waals surface area contributed by atoms with E-state index in [9.17, 15) is 8.42 Å². The van der Waals surface area contributed by atoms with Crippen LogP contribution in [0.2, 0.25) is 0 Å². The molecule has 0 unspecified atom stereocenters. The van der Waals surface area contributed by atoms with Crippen LogP contribution in [0.15, 0.2) is 17.3 Å². The molecule has 0 aliphatic rings. The number of aliphatic hydroxyl groups is 1. The summed E-state index contributed by atoms with van der Waals surface area (Å²) in [5.41, 5.74) is -0.272. The molecule has 16 heavy (non-hydrogen) atoms. The molecular weight excluding hydrogens is 230 g/mol. The Hall–Kier alpha value is -0.920. The Labute approximate surface area is 95.1 Å². The minimum atomic E-state index is -3.49. The maximum atomic E-state index is 11.7. The lowest BCUT2D eigenvalue weighted by Gasteiger charge is -2.23. The van der Waals surface area contributed by atoms with Gasteiger partial charge in [-0.3, -0.25) is 5.10 Å². The average Bonchev–Trinajstić information content (AvgIpc) is 2.68. The van der Waals surface area contributed by atoms with E-state index in [-0.39, 0.29) is 23.5 Å². The van der Waals surface area contributed by atoms with Gasteiger partial charge < -0.3 is 5.11 Å². The van der Waals surface area contributed by atoms with Gasteiger partial charge in [-0.1, -0.05) is 13.8 Å². The van der Waals surface area contributed by atoms with E-state index in [0.717, 1.165) is 0 Å². The lowest BCUT2D eigenvalue weighted by atomic mass is 9.90. The van der Waals surface area contributed by atoms with Gasteiger partial charge in [0.25, 0.3) is 0 Å². The van der Waals surface area contributed by atoms with E-state index in [0.29, 0.717) is 6.42 Å². The number of aromatic amines is 1. The number of nitrogens with one attached hydrogen (secondary N) is 2. The highest BCUT2D eigenvalue weighted by Gasteiger charge is 2.22. The Morgan fingerprint density at radius 3 is 2.75 bits per heavy atom. The zero-order chi connectivity index (χ0) is 12.2. The highest BCUT2D eigenvalue weighted by Crippen LogP contribution is 2.19. The summed E-state index contributed by atoms with van der Waals surface area (Å²) >= 11 is 0. The van der Waals surface area contributed by atoms with Crippen LogP contribution in [0.1, 0.15) is 20.3 Å². The Kier molecular flexibility index (Phi) is 4.06. The van der Waals surface area contributed by atoms with E-state index in [4.69, 9.17) is 5.11 Å². The van der Waals surface area contributed by atoms with Gasteiger partial charge in [-0.25, -0.2) is 13.1 Å². The van der Waals surface area contributed by atoms with Gasteiger partial charge in [0, 0.05) is 19.3 Å². The van der Waals surface area contributed by atoms with Crippen molar-refractivity contribution in [2.75, 3.05) is 13.2 Å². The topological polar surface area (TPSA) is 95.1 Å². The molecule has 0 aliphatic heterocycles. The van der Waals surface area contributed by atoms with Crippen molar-refractivity contribution < 1.29 is 13.5 Å². The molecule has 0 fully saturated rings. The van der Waals surface area contributed by atoms with Crippen LogP contribution in [0.3, 0.4) is 0 Å². The van der Waals surface area contributed by atoms with Crippen molar-refractivity contribution in [1.29, 1.82) is 0 Å². The third-order valence-corrected chi connectivity index (χ3v) is 3.68. The van der Waals surface area contributed by atoms with E-state index < -0.39 is 10.0 Å². The van der Waals surface area contributed by atoms with Crippen molar-refractivity contribution in [3.05, 3.63) is 12.4 Å². The molecule has 0 spiro atoms. The molecule has 3 N–H and O–H groups in total. The van der Waals surface area contributed by atoms with Crippen LogP contribution in [-0.2, 0) is 10.0 Å². The second-order valence-corrected chi connectivity index (χ2v) is 6.16. The van der Waals surface area contributed by atoms with Gasteiger partial charge in [0.15, 0.2) is 0 Å². The third kappa shape index (κ3) is 3.58. The highest BCUT2D eigenvalue weighted by atomic mass is 32.2. The van der Waals surface area contributed by atoms with E-state index in [1.54, 1.807) is 0 Å². The standard InChI is InChI=1S/C9H17N3O3S/c1-9(2,3-4-13)7-12-16(14,15)8-5-10-11-6-8/h5-6,12-13H,3-4,7H2,1-2H3,(H,10,11). The minimum absolute atomic E-state index is 0.0421. The molecule has 0 saturated heterocycles. The SMILES string of the molecule is CC(C)(CCO)CNS(=O)(=O)c1cn[nH]c1. The second-order valence-electron chi connectivity index (χ2n) is 4.40. The fourth-order valence-corrected chi connectivity index (χ4v) is 2.30. The molecule has 1 rings (SSSR count). The Morgan fingerprint density at radius 2 is 2.25 bits per heavy atom. The fraction of sp³-hybridized carbons (Fsp3) is 0.667. The summed E-state index contributed by atoms with van der Waals surface area (Å²) in [5.74, 6) is 0. The van der Waals surface area contributed by atoms with Crippen molar-refractivity contribution in [2.45, 2.75) is 25.2 Å². The molecule has 0 amide bonds. The van der Waals surface area contributed by atoms with Crippen molar-refractivity contribution >= 4 is 10.0 Å². The smallest absolute Gasteiger partial charge is 0.243 e. The predicted octanol–water partition coefficient (Wildman–Crippen LogP) is 0.0966. The Bertz CT molecular complexity index is 411. The number of aromatic nitrogens is 2. The van der Waals surface area contributed by atoms with E-state index >= 15 is 0 Å². The van der Waals surface area contributed by atoms with Gasteiger partial charge in [0.1, 0.15) is 4.90 Å². The van der Waals surface area contributed by atoms with E-state index in [1.807, 2.05) is 13.8 Å². The molecule has 6 nitrogen and oxygen atoms in total. The molecule has 92 valence electrons. The quantitative estimate of drug-likeness (QED) is 0.664. The molecular formula is C9H17N3O3S. The van der Waals surface area contributed by atoms with Gasteiger partial charge in [-0.15, -0.1) is 0 Å². The molecule has 1 aromatic rings.